The van der Waals surface area contributed by atoms with Crippen molar-refractivity contribution in [3.8, 4) is 0 Å². The minimum Gasteiger partial charge on any atom is -0.312 e. The smallest absolute Gasteiger partial charge is 0.0285 e. The lowest BCUT2D eigenvalue weighted by Crippen LogP contribution is -2.55. The number of hydrogen-bond donors (Lipinski definition) is 2. The monoisotopic (exact) mass is 155 g/mol. The average Bonchev–Trinajstić information content (AvgIpc) is 2.04. The SMILES string of the molecule is NN1CCC2CCCNC2C1. The summed E-state index contributed by atoms with van der Waals surface area (Å²) in [6.07, 6.45) is 4.05. The topological polar surface area (TPSA) is 41.3 Å². The van der Waals surface area contributed by atoms with Crippen molar-refractivity contribution in [2.45, 2.75) is 25.3 Å². The fourth-order valence-electron chi connectivity index (χ4n) is 2.25. The molecule has 3 nitrogen and oxygen atoms in total. The number of nitrogens with zero attached hydrogens (tertiary/aromatic N) is 1. The average molecular weight is 155 g/mol. The molecule has 0 aromatic heterocycles. The number of nitrogens with two attached hydrogens (primary N) is 1. The Balaban J connectivity index is 1.93. The minimum atomic E-state index is 0.683. The summed E-state index contributed by atoms with van der Waals surface area (Å²) in [5, 5.41) is 5.47. The summed E-state index contributed by atoms with van der Waals surface area (Å²) in [5.41, 5.74) is 0. The van der Waals surface area contributed by atoms with Crippen molar-refractivity contribution in [3.05, 3.63) is 0 Å². The summed E-state index contributed by atoms with van der Waals surface area (Å²) < 4.78 is 0. The molecule has 0 amide bonds. The molecule has 11 heavy (non-hydrogen) atoms. The molecule has 64 valence electrons. The van der Waals surface area contributed by atoms with Gasteiger partial charge in [-0.25, -0.2) is 5.01 Å². The molecular formula is C8H17N3. The van der Waals surface area contributed by atoms with Crippen LogP contribution in [0, 0.1) is 5.92 Å². The van der Waals surface area contributed by atoms with Crippen LogP contribution in [-0.4, -0.2) is 30.7 Å². The first kappa shape index (κ1) is 7.53. The normalized spacial score (nSPS) is 40.1. The van der Waals surface area contributed by atoms with Crippen LogP contribution >= 0.6 is 0 Å². The number of rotatable bonds is 0. The van der Waals surface area contributed by atoms with Gasteiger partial charge in [0.25, 0.3) is 0 Å². The Hall–Kier alpha value is -0.120. The molecule has 2 fully saturated rings. The summed E-state index contributed by atoms with van der Waals surface area (Å²) >= 11 is 0. The zero-order valence-corrected chi connectivity index (χ0v) is 6.92. The van der Waals surface area contributed by atoms with Gasteiger partial charge in [0, 0.05) is 19.1 Å². The number of piperidine rings is 2. The third-order valence-corrected chi connectivity index (χ3v) is 2.95. The lowest BCUT2D eigenvalue weighted by atomic mass is 9.85. The maximum Gasteiger partial charge on any atom is 0.0285 e. The molecule has 3 heteroatoms. The predicted molar refractivity (Wildman–Crippen MR) is 44.9 cm³/mol. The second-order valence-corrected chi connectivity index (χ2v) is 3.75. The van der Waals surface area contributed by atoms with Crippen molar-refractivity contribution in [1.29, 1.82) is 0 Å². The Morgan fingerprint density at radius 1 is 1.36 bits per heavy atom. The van der Waals surface area contributed by atoms with Gasteiger partial charge in [0.15, 0.2) is 0 Å². The molecule has 2 rings (SSSR count). The molecule has 3 N–H and O–H groups in total. The first-order valence-corrected chi connectivity index (χ1v) is 4.59. The molecule has 2 heterocycles. The van der Waals surface area contributed by atoms with Gasteiger partial charge in [0.2, 0.25) is 0 Å². The lowest BCUT2D eigenvalue weighted by molar-refractivity contribution is 0.118. The molecule has 0 aliphatic carbocycles. The molecule has 2 aliphatic rings. The highest BCUT2D eigenvalue weighted by atomic mass is 15.4. The quantitative estimate of drug-likeness (QED) is 0.481. The number of fused-ring (bicyclic) bond motifs is 1. The maximum atomic E-state index is 5.74. The van der Waals surface area contributed by atoms with E-state index in [-0.39, 0.29) is 0 Å². The van der Waals surface area contributed by atoms with Crippen molar-refractivity contribution in [2.24, 2.45) is 11.8 Å². The van der Waals surface area contributed by atoms with Gasteiger partial charge in [-0.3, -0.25) is 5.84 Å². The Morgan fingerprint density at radius 3 is 3.18 bits per heavy atom. The molecule has 0 saturated carbocycles. The van der Waals surface area contributed by atoms with Gasteiger partial charge in [-0.05, 0) is 31.7 Å². The third kappa shape index (κ3) is 1.55. The van der Waals surface area contributed by atoms with E-state index in [4.69, 9.17) is 5.84 Å². The summed E-state index contributed by atoms with van der Waals surface area (Å²) in [5.74, 6) is 6.64. The Kier molecular flexibility index (Phi) is 2.11. The van der Waals surface area contributed by atoms with Crippen LogP contribution in [0.25, 0.3) is 0 Å². The van der Waals surface area contributed by atoms with Gasteiger partial charge in [0.1, 0.15) is 0 Å². The van der Waals surface area contributed by atoms with Crippen LogP contribution in [0.4, 0.5) is 0 Å². The highest BCUT2D eigenvalue weighted by molar-refractivity contribution is 4.86. The van der Waals surface area contributed by atoms with Crippen molar-refractivity contribution in [1.82, 2.24) is 10.3 Å². The van der Waals surface area contributed by atoms with E-state index in [2.05, 4.69) is 5.32 Å². The molecule has 2 unspecified atom stereocenters. The number of nitrogens with one attached hydrogen (secondary N) is 1. The number of hydrazine groups is 1. The van der Waals surface area contributed by atoms with Gasteiger partial charge < -0.3 is 5.32 Å². The van der Waals surface area contributed by atoms with E-state index in [1.807, 2.05) is 5.01 Å². The fourth-order valence-corrected chi connectivity index (χ4v) is 2.25. The molecule has 2 aliphatic heterocycles. The van der Waals surface area contributed by atoms with Crippen molar-refractivity contribution in [2.75, 3.05) is 19.6 Å². The van der Waals surface area contributed by atoms with Crippen LogP contribution in [0.3, 0.4) is 0 Å². The summed E-state index contributed by atoms with van der Waals surface area (Å²) in [6.45, 7) is 3.32. The second kappa shape index (κ2) is 3.09. The van der Waals surface area contributed by atoms with Crippen LogP contribution in [0.1, 0.15) is 19.3 Å². The van der Waals surface area contributed by atoms with E-state index in [1.54, 1.807) is 0 Å². The Morgan fingerprint density at radius 2 is 2.27 bits per heavy atom. The molecule has 0 spiro atoms. The van der Waals surface area contributed by atoms with Crippen molar-refractivity contribution < 1.29 is 0 Å². The van der Waals surface area contributed by atoms with Crippen molar-refractivity contribution >= 4 is 0 Å². The van der Waals surface area contributed by atoms with Gasteiger partial charge in [-0.1, -0.05) is 0 Å². The summed E-state index contributed by atoms with van der Waals surface area (Å²) in [4.78, 5) is 0. The molecular weight excluding hydrogens is 138 g/mol. The summed E-state index contributed by atoms with van der Waals surface area (Å²) in [7, 11) is 0. The number of hydrogen-bond acceptors (Lipinski definition) is 3. The van der Waals surface area contributed by atoms with Crippen LogP contribution in [0.2, 0.25) is 0 Å². The highest BCUT2D eigenvalue weighted by Crippen LogP contribution is 2.23. The van der Waals surface area contributed by atoms with E-state index in [9.17, 15) is 0 Å². The van der Waals surface area contributed by atoms with Crippen LogP contribution in [0.15, 0.2) is 0 Å². The maximum absolute atomic E-state index is 5.74. The first-order valence-electron chi connectivity index (χ1n) is 4.59. The van der Waals surface area contributed by atoms with E-state index < -0.39 is 0 Å². The van der Waals surface area contributed by atoms with Gasteiger partial charge in [-0.15, -0.1) is 0 Å². The zero-order valence-electron chi connectivity index (χ0n) is 6.92. The largest absolute Gasteiger partial charge is 0.312 e. The first-order chi connectivity index (χ1) is 5.36. The molecule has 2 atom stereocenters. The second-order valence-electron chi connectivity index (χ2n) is 3.75. The molecule has 0 aromatic rings. The highest BCUT2D eigenvalue weighted by Gasteiger charge is 2.29. The van der Waals surface area contributed by atoms with Crippen LogP contribution in [-0.2, 0) is 0 Å². The van der Waals surface area contributed by atoms with E-state index in [0.717, 1.165) is 19.0 Å². The molecule has 0 radical (unpaired) electrons. The third-order valence-electron chi connectivity index (χ3n) is 2.95. The predicted octanol–water partition coefficient (Wildman–Crippen LogP) is -0.0660. The van der Waals surface area contributed by atoms with Crippen molar-refractivity contribution in [3.63, 3.8) is 0 Å². The van der Waals surface area contributed by atoms with E-state index in [1.165, 1.54) is 25.8 Å². The van der Waals surface area contributed by atoms with Crippen LogP contribution in [0.5, 0.6) is 0 Å². The zero-order chi connectivity index (χ0) is 7.68. The van der Waals surface area contributed by atoms with Crippen LogP contribution < -0.4 is 11.2 Å². The van der Waals surface area contributed by atoms with E-state index in [0.29, 0.717) is 6.04 Å². The Labute approximate surface area is 67.9 Å². The lowest BCUT2D eigenvalue weighted by Gasteiger charge is -2.39. The fraction of sp³-hybridized carbons (Fsp3) is 1.00. The molecule has 0 bridgehead atoms. The minimum absolute atomic E-state index is 0.683. The molecule has 0 aromatic carbocycles. The Bertz CT molecular complexity index is 137. The molecule has 2 saturated heterocycles. The summed E-state index contributed by atoms with van der Waals surface area (Å²) in [6, 6.07) is 0.683. The van der Waals surface area contributed by atoms with Gasteiger partial charge >= 0.3 is 0 Å². The van der Waals surface area contributed by atoms with Gasteiger partial charge in [0.05, 0.1) is 0 Å². The van der Waals surface area contributed by atoms with Gasteiger partial charge in [-0.2, -0.15) is 0 Å². The standard InChI is InChI=1S/C8H17N3/c9-11-5-3-7-2-1-4-10-8(7)6-11/h7-8,10H,1-6,9H2. The van der Waals surface area contributed by atoms with E-state index >= 15 is 0 Å².